The zero-order chi connectivity index (χ0) is 21.6. The van der Waals surface area contributed by atoms with Crippen molar-refractivity contribution >= 4 is 29.0 Å². The zero-order valence-electron chi connectivity index (χ0n) is 16.7. The Morgan fingerprint density at radius 1 is 1.32 bits per heavy atom. The van der Waals surface area contributed by atoms with Crippen molar-refractivity contribution in [3.63, 3.8) is 0 Å². The highest BCUT2D eigenvalue weighted by molar-refractivity contribution is 7.10. The molecule has 2 aliphatic heterocycles. The molecule has 2 atom stereocenters. The smallest absolute Gasteiger partial charge is 0.236 e. The maximum atomic E-state index is 13.2. The maximum Gasteiger partial charge on any atom is 0.236 e. The molecule has 1 unspecified atom stereocenters. The summed E-state index contributed by atoms with van der Waals surface area (Å²) in [5, 5.41) is 22.9. The Morgan fingerprint density at radius 3 is 2.97 bits per heavy atom. The lowest BCUT2D eigenvalue weighted by Crippen LogP contribution is -2.64. The van der Waals surface area contributed by atoms with Crippen LogP contribution in [-0.2, 0) is 10.3 Å². The largest absolute Gasteiger partial charge is 0.353 e. The molecule has 0 aliphatic carbocycles. The third-order valence-electron chi connectivity index (χ3n) is 5.96. The van der Waals surface area contributed by atoms with Crippen molar-refractivity contribution in [2.45, 2.75) is 5.54 Å². The van der Waals surface area contributed by atoms with Crippen molar-refractivity contribution in [3.8, 4) is 17.2 Å². The Bertz CT molecular complexity index is 1220. The topological polar surface area (TPSA) is 109 Å². The molecule has 0 bridgehead atoms. The second-order valence-electron chi connectivity index (χ2n) is 7.74. The van der Waals surface area contributed by atoms with Crippen LogP contribution in [-0.4, -0.2) is 46.9 Å². The number of thiophene rings is 1. The van der Waals surface area contributed by atoms with Crippen LogP contribution >= 0.6 is 11.3 Å². The van der Waals surface area contributed by atoms with Crippen LogP contribution < -0.4 is 10.2 Å². The van der Waals surface area contributed by atoms with E-state index in [0.29, 0.717) is 18.7 Å². The molecule has 2 aliphatic rings. The highest BCUT2D eigenvalue weighted by Crippen LogP contribution is 2.45. The molecule has 5 heterocycles. The lowest BCUT2D eigenvalue weighted by atomic mass is 9.82. The number of pyridine rings is 2. The summed E-state index contributed by atoms with van der Waals surface area (Å²) in [6, 6.07) is 11.7. The standard InChI is InChI=1S/C22H19N7OS/c1-28-20(30)17-11-29(19-4-2-3-5-26-19)13-22(17,27-21(28)24)18-7-16(12-31-18)15-6-14(8-23)9-25-10-15/h2-7,9-10,12,17H,11,13H2,1H3,(H2,24,27)/t17?,22-/m0/s1. The molecule has 2 fully saturated rings. The minimum Gasteiger partial charge on any atom is -0.353 e. The average Bonchev–Trinajstić information content (AvgIpc) is 3.45. The Kier molecular flexibility index (Phi) is 4.45. The fourth-order valence-corrected chi connectivity index (χ4v) is 5.43. The molecule has 5 rings (SSSR count). The number of amides is 1. The fourth-order valence-electron chi connectivity index (χ4n) is 4.31. The molecule has 2 saturated heterocycles. The Labute approximate surface area is 183 Å². The highest BCUT2D eigenvalue weighted by atomic mass is 32.1. The molecular formula is C22H19N7OS. The second kappa shape index (κ2) is 7.18. The van der Waals surface area contributed by atoms with Gasteiger partial charge in [-0.2, -0.15) is 5.26 Å². The first kappa shape index (κ1) is 19.2. The Morgan fingerprint density at radius 2 is 2.19 bits per heavy atom. The van der Waals surface area contributed by atoms with Crippen LogP contribution in [0.3, 0.4) is 0 Å². The summed E-state index contributed by atoms with van der Waals surface area (Å²) < 4.78 is 0. The van der Waals surface area contributed by atoms with Crippen LogP contribution in [0.25, 0.3) is 11.1 Å². The number of nitriles is 1. The second-order valence-corrected chi connectivity index (χ2v) is 8.65. The number of carbonyl (C=O) groups is 1. The SMILES string of the molecule is CN1C(=N)N[C@@]2(c3cc(-c4cncc(C#N)c4)cs3)CN(c3ccccn3)CC2C1=O. The number of guanidine groups is 1. The van der Waals surface area contributed by atoms with Crippen LogP contribution in [0.15, 0.2) is 54.3 Å². The van der Waals surface area contributed by atoms with Crippen LogP contribution in [0.1, 0.15) is 10.4 Å². The number of nitrogens with zero attached hydrogens (tertiary/aromatic N) is 5. The van der Waals surface area contributed by atoms with Gasteiger partial charge in [0.05, 0.1) is 11.5 Å². The van der Waals surface area contributed by atoms with Crippen LogP contribution in [0, 0.1) is 22.7 Å². The predicted molar refractivity (Wildman–Crippen MR) is 118 cm³/mol. The zero-order valence-corrected chi connectivity index (χ0v) is 17.6. The minimum absolute atomic E-state index is 0.0784. The third-order valence-corrected chi connectivity index (χ3v) is 7.06. The first-order valence-electron chi connectivity index (χ1n) is 9.76. The van der Waals surface area contributed by atoms with Crippen molar-refractivity contribution in [2.24, 2.45) is 5.92 Å². The van der Waals surface area contributed by atoms with Crippen molar-refractivity contribution in [1.29, 1.82) is 10.7 Å². The van der Waals surface area contributed by atoms with Gasteiger partial charge in [-0.25, -0.2) is 4.98 Å². The number of rotatable bonds is 3. The Balaban J connectivity index is 1.58. The van der Waals surface area contributed by atoms with Crippen molar-refractivity contribution in [3.05, 3.63) is 64.7 Å². The average molecular weight is 430 g/mol. The summed E-state index contributed by atoms with van der Waals surface area (Å²) in [7, 11) is 1.63. The molecule has 31 heavy (non-hydrogen) atoms. The molecule has 3 aromatic rings. The van der Waals surface area contributed by atoms with E-state index >= 15 is 0 Å². The molecule has 3 aromatic heterocycles. The lowest BCUT2D eigenvalue weighted by Gasteiger charge is -2.42. The van der Waals surface area contributed by atoms with Gasteiger partial charge in [-0.15, -0.1) is 11.3 Å². The van der Waals surface area contributed by atoms with Crippen molar-refractivity contribution < 1.29 is 4.79 Å². The van der Waals surface area contributed by atoms with E-state index in [2.05, 4.69) is 26.3 Å². The molecule has 154 valence electrons. The van der Waals surface area contributed by atoms with E-state index in [0.717, 1.165) is 21.8 Å². The number of fused-ring (bicyclic) bond motifs is 1. The van der Waals surface area contributed by atoms with Gasteiger partial charge in [0.1, 0.15) is 17.4 Å². The first-order chi connectivity index (χ1) is 15.0. The van der Waals surface area contributed by atoms with Crippen LogP contribution in [0.5, 0.6) is 0 Å². The molecule has 9 heteroatoms. The lowest BCUT2D eigenvalue weighted by molar-refractivity contribution is -0.133. The van der Waals surface area contributed by atoms with E-state index in [-0.39, 0.29) is 17.8 Å². The van der Waals surface area contributed by atoms with Crippen LogP contribution in [0.2, 0.25) is 0 Å². The quantitative estimate of drug-likeness (QED) is 0.662. The van der Waals surface area contributed by atoms with E-state index in [1.54, 1.807) is 36.8 Å². The number of nitrogens with one attached hydrogen (secondary N) is 2. The molecule has 1 amide bonds. The van der Waals surface area contributed by atoms with E-state index in [9.17, 15) is 10.1 Å². The summed E-state index contributed by atoms with van der Waals surface area (Å²) in [4.78, 5) is 26.3. The molecule has 8 nitrogen and oxygen atoms in total. The number of hydrogen-bond donors (Lipinski definition) is 2. The van der Waals surface area contributed by atoms with Crippen LogP contribution in [0.4, 0.5) is 5.82 Å². The number of hydrogen-bond acceptors (Lipinski definition) is 7. The summed E-state index contributed by atoms with van der Waals surface area (Å²) in [5.41, 5.74) is 1.57. The first-order valence-corrected chi connectivity index (χ1v) is 10.6. The Hall–Kier alpha value is -3.77. The summed E-state index contributed by atoms with van der Waals surface area (Å²) in [6.07, 6.45) is 5.00. The fraction of sp³-hybridized carbons (Fsp3) is 0.227. The van der Waals surface area contributed by atoms with E-state index in [1.807, 2.05) is 29.6 Å². The van der Waals surface area contributed by atoms with Crippen molar-refractivity contribution in [2.75, 3.05) is 25.0 Å². The number of aromatic nitrogens is 2. The van der Waals surface area contributed by atoms with Gasteiger partial charge in [0, 0.05) is 49.2 Å². The monoisotopic (exact) mass is 429 g/mol. The molecule has 2 N–H and O–H groups in total. The van der Waals surface area contributed by atoms with E-state index < -0.39 is 5.54 Å². The van der Waals surface area contributed by atoms with Gasteiger partial charge < -0.3 is 10.2 Å². The predicted octanol–water partition coefficient (Wildman–Crippen LogP) is 2.40. The maximum absolute atomic E-state index is 13.2. The van der Waals surface area contributed by atoms with E-state index in [4.69, 9.17) is 5.41 Å². The van der Waals surface area contributed by atoms with Crippen molar-refractivity contribution in [1.82, 2.24) is 20.2 Å². The van der Waals surface area contributed by atoms with Gasteiger partial charge >= 0.3 is 0 Å². The normalized spacial score (nSPS) is 22.8. The molecule has 0 radical (unpaired) electrons. The number of carbonyl (C=O) groups excluding carboxylic acids is 1. The minimum atomic E-state index is -0.721. The van der Waals surface area contributed by atoms with Gasteiger partial charge in [0.15, 0.2) is 5.96 Å². The summed E-state index contributed by atoms with van der Waals surface area (Å²) in [6.45, 7) is 1.03. The summed E-state index contributed by atoms with van der Waals surface area (Å²) in [5.74, 6) is 0.462. The summed E-state index contributed by atoms with van der Waals surface area (Å²) >= 11 is 1.55. The highest BCUT2D eigenvalue weighted by Gasteiger charge is 2.57. The van der Waals surface area contributed by atoms with E-state index in [1.165, 1.54) is 11.1 Å². The molecule has 0 aromatic carbocycles. The van der Waals surface area contributed by atoms with Gasteiger partial charge in [0.25, 0.3) is 0 Å². The number of anilines is 1. The molecular weight excluding hydrogens is 410 g/mol. The van der Waals surface area contributed by atoms with Gasteiger partial charge in [-0.3, -0.25) is 20.1 Å². The molecule has 0 spiro atoms. The van der Waals surface area contributed by atoms with Gasteiger partial charge in [-0.05, 0) is 35.2 Å². The third kappa shape index (κ3) is 3.04. The van der Waals surface area contributed by atoms with Gasteiger partial charge in [0.2, 0.25) is 5.91 Å². The van der Waals surface area contributed by atoms with Gasteiger partial charge in [-0.1, -0.05) is 6.07 Å². The molecule has 0 saturated carbocycles.